The van der Waals surface area contributed by atoms with Crippen LogP contribution in [0.4, 0.5) is 0 Å². The lowest BCUT2D eigenvalue weighted by Gasteiger charge is -2.32. The summed E-state index contributed by atoms with van der Waals surface area (Å²) in [6, 6.07) is 7.44. The van der Waals surface area contributed by atoms with Crippen LogP contribution in [0, 0.1) is 0 Å². The van der Waals surface area contributed by atoms with Crippen molar-refractivity contribution in [2.45, 2.75) is 37.6 Å². The molecule has 6 rings (SSSR count). The number of imidazole rings is 1. The van der Waals surface area contributed by atoms with Gasteiger partial charge in [0.05, 0.1) is 23.2 Å². The molecule has 4 aromatic heterocycles. The van der Waals surface area contributed by atoms with Crippen molar-refractivity contribution in [3.63, 3.8) is 0 Å². The Morgan fingerprint density at radius 3 is 3.03 bits per heavy atom. The maximum absolute atomic E-state index is 13.3. The summed E-state index contributed by atoms with van der Waals surface area (Å²) < 4.78 is 7.57. The molecule has 1 fully saturated rings. The smallest absolute Gasteiger partial charge is 0.312 e. The fourth-order valence-electron chi connectivity index (χ4n) is 3.96. The van der Waals surface area contributed by atoms with Gasteiger partial charge in [-0.3, -0.25) is 4.79 Å². The molecule has 146 valence electrons. The molecule has 9 nitrogen and oxygen atoms in total. The summed E-state index contributed by atoms with van der Waals surface area (Å²) in [5, 5.41) is 12.9. The lowest BCUT2D eigenvalue weighted by molar-refractivity contribution is 0.0643. The summed E-state index contributed by atoms with van der Waals surface area (Å²) in [6.07, 6.45) is 6.25. The van der Waals surface area contributed by atoms with Gasteiger partial charge in [-0.05, 0) is 31.0 Å². The third-order valence-electron chi connectivity index (χ3n) is 5.98. The Balaban J connectivity index is 1.42. The molecule has 0 radical (unpaired) electrons. The van der Waals surface area contributed by atoms with E-state index in [1.54, 1.807) is 15.7 Å². The predicted molar refractivity (Wildman–Crippen MR) is 101 cm³/mol. The number of carbonyl (C=O) groups excluding carboxylic acids is 1. The molecule has 1 aliphatic carbocycles. The highest BCUT2D eigenvalue weighted by molar-refractivity contribution is 5.90. The number of rotatable bonds is 3. The molecule has 0 unspecified atom stereocenters. The Labute approximate surface area is 165 Å². The lowest BCUT2D eigenvalue weighted by Crippen LogP contribution is -2.41. The van der Waals surface area contributed by atoms with Gasteiger partial charge < -0.3 is 14.3 Å². The molecule has 0 bridgehead atoms. The van der Waals surface area contributed by atoms with E-state index in [0.29, 0.717) is 18.9 Å². The summed E-state index contributed by atoms with van der Waals surface area (Å²) in [5.41, 5.74) is 3.46. The van der Waals surface area contributed by atoms with Gasteiger partial charge in [0.2, 0.25) is 5.89 Å². The number of aromatic amines is 1. The molecular weight excluding hydrogens is 370 g/mol. The van der Waals surface area contributed by atoms with Gasteiger partial charge in [-0.1, -0.05) is 13.0 Å². The minimum atomic E-state index is -0.413. The van der Waals surface area contributed by atoms with Crippen LogP contribution in [0.3, 0.4) is 0 Å². The Bertz CT molecular complexity index is 1200. The quantitative estimate of drug-likeness (QED) is 0.576. The SMILES string of the molecule is CC1(c2nnc(C(=O)N3CCc4[nH]cnc4[C@H]3c3cc4ccccn4n3)o2)CC1. The van der Waals surface area contributed by atoms with Gasteiger partial charge in [-0.2, -0.15) is 5.10 Å². The molecule has 1 atom stereocenters. The molecule has 4 aromatic rings. The largest absolute Gasteiger partial charge is 0.416 e. The molecule has 1 aliphatic heterocycles. The minimum Gasteiger partial charge on any atom is -0.416 e. The molecule has 0 saturated heterocycles. The van der Waals surface area contributed by atoms with Gasteiger partial charge >= 0.3 is 11.8 Å². The third-order valence-corrected chi connectivity index (χ3v) is 5.98. The van der Waals surface area contributed by atoms with Crippen LogP contribution in [0.1, 0.15) is 59.5 Å². The number of fused-ring (bicyclic) bond motifs is 2. The van der Waals surface area contributed by atoms with Crippen LogP contribution in [0.2, 0.25) is 0 Å². The van der Waals surface area contributed by atoms with Crippen molar-refractivity contribution in [3.05, 3.63) is 65.7 Å². The number of carbonyl (C=O) groups is 1. The fraction of sp³-hybridized carbons (Fsp3) is 0.350. The molecule has 1 amide bonds. The molecule has 1 N–H and O–H groups in total. The molecule has 2 aliphatic rings. The van der Waals surface area contributed by atoms with E-state index in [1.807, 2.05) is 30.5 Å². The lowest BCUT2D eigenvalue weighted by atomic mass is 9.99. The van der Waals surface area contributed by atoms with Crippen molar-refractivity contribution in [3.8, 4) is 0 Å². The van der Waals surface area contributed by atoms with E-state index in [-0.39, 0.29) is 17.2 Å². The number of hydrogen-bond donors (Lipinski definition) is 1. The fourth-order valence-corrected chi connectivity index (χ4v) is 3.96. The maximum Gasteiger partial charge on any atom is 0.312 e. The average molecular weight is 389 g/mol. The Morgan fingerprint density at radius 1 is 1.31 bits per heavy atom. The van der Waals surface area contributed by atoms with Crippen LogP contribution in [-0.4, -0.2) is 47.1 Å². The number of nitrogens with one attached hydrogen (secondary N) is 1. The highest BCUT2D eigenvalue weighted by Crippen LogP contribution is 2.46. The zero-order valence-corrected chi connectivity index (χ0v) is 15.9. The monoisotopic (exact) mass is 389 g/mol. The van der Waals surface area contributed by atoms with Gasteiger partial charge in [-0.15, -0.1) is 10.2 Å². The first-order chi connectivity index (χ1) is 14.1. The van der Waals surface area contributed by atoms with Gasteiger partial charge in [0, 0.05) is 30.3 Å². The van der Waals surface area contributed by atoms with Gasteiger partial charge in [0.1, 0.15) is 6.04 Å². The van der Waals surface area contributed by atoms with Crippen LogP contribution < -0.4 is 0 Å². The van der Waals surface area contributed by atoms with E-state index >= 15 is 0 Å². The molecule has 9 heteroatoms. The Hall–Kier alpha value is -3.49. The molecule has 1 saturated carbocycles. The van der Waals surface area contributed by atoms with Crippen LogP contribution in [-0.2, 0) is 11.8 Å². The highest BCUT2D eigenvalue weighted by atomic mass is 16.4. The maximum atomic E-state index is 13.3. The van der Waals surface area contributed by atoms with Crippen molar-refractivity contribution in [1.82, 2.24) is 34.7 Å². The average Bonchev–Trinajstić information content (AvgIpc) is 3.20. The molecular formula is C20H19N7O2. The zero-order chi connectivity index (χ0) is 19.6. The summed E-state index contributed by atoms with van der Waals surface area (Å²) in [5.74, 6) is 0.284. The van der Waals surface area contributed by atoms with Crippen LogP contribution >= 0.6 is 0 Å². The molecule has 0 spiro atoms. The summed E-state index contributed by atoms with van der Waals surface area (Å²) in [7, 11) is 0. The number of amides is 1. The van der Waals surface area contributed by atoms with Crippen molar-refractivity contribution >= 4 is 11.4 Å². The minimum absolute atomic E-state index is 0.0286. The number of H-pyrrole nitrogens is 1. The van der Waals surface area contributed by atoms with Crippen molar-refractivity contribution in [2.24, 2.45) is 0 Å². The van der Waals surface area contributed by atoms with Gasteiger partial charge in [0.25, 0.3) is 0 Å². The number of aromatic nitrogens is 6. The standard InChI is InChI=1S/C20H19N7O2/c1-20(6-7-20)19-24-23-17(29-19)18(28)26-9-5-13-15(22-11-21-13)16(26)14-10-12-4-2-3-8-27(12)25-14/h2-4,8,10-11,16H,5-7,9H2,1H3,(H,21,22)/t16-/m1/s1. The van der Waals surface area contributed by atoms with Gasteiger partial charge in [-0.25, -0.2) is 9.50 Å². The molecule has 5 heterocycles. The first kappa shape index (κ1) is 16.5. The Kier molecular flexibility index (Phi) is 3.27. The van der Waals surface area contributed by atoms with Crippen molar-refractivity contribution in [2.75, 3.05) is 6.54 Å². The third kappa shape index (κ3) is 2.50. The van der Waals surface area contributed by atoms with Crippen molar-refractivity contribution in [1.29, 1.82) is 0 Å². The van der Waals surface area contributed by atoms with E-state index in [0.717, 1.165) is 35.4 Å². The van der Waals surface area contributed by atoms with Crippen LogP contribution in [0.5, 0.6) is 0 Å². The zero-order valence-electron chi connectivity index (χ0n) is 15.9. The second kappa shape index (κ2) is 5.76. The Morgan fingerprint density at radius 2 is 2.21 bits per heavy atom. The summed E-state index contributed by atoms with van der Waals surface area (Å²) in [4.78, 5) is 22.8. The number of hydrogen-bond acceptors (Lipinski definition) is 6. The second-order valence-corrected chi connectivity index (χ2v) is 8.03. The summed E-state index contributed by atoms with van der Waals surface area (Å²) >= 11 is 0. The number of pyridine rings is 1. The number of nitrogens with zero attached hydrogens (tertiary/aromatic N) is 6. The molecule has 0 aromatic carbocycles. The van der Waals surface area contributed by atoms with E-state index in [9.17, 15) is 4.79 Å². The van der Waals surface area contributed by atoms with E-state index in [4.69, 9.17) is 9.52 Å². The van der Waals surface area contributed by atoms with E-state index in [2.05, 4.69) is 27.1 Å². The van der Waals surface area contributed by atoms with Crippen molar-refractivity contribution < 1.29 is 9.21 Å². The first-order valence-corrected chi connectivity index (χ1v) is 9.74. The first-order valence-electron chi connectivity index (χ1n) is 9.74. The van der Waals surface area contributed by atoms with Crippen LogP contribution in [0.25, 0.3) is 5.52 Å². The summed E-state index contributed by atoms with van der Waals surface area (Å²) in [6.45, 7) is 2.59. The van der Waals surface area contributed by atoms with E-state index in [1.165, 1.54) is 0 Å². The topological polar surface area (TPSA) is 105 Å². The highest BCUT2D eigenvalue weighted by Gasteiger charge is 2.45. The molecule has 29 heavy (non-hydrogen) atoms. The van der Waals surface area contributed by atoms with Gasteiger partial charge in [0.15, 0.2) is 0 Å². The predicted octanol–water partition coefficient (Wildman–Crippen LogP) is 2.28. The second-order valence-electron chi connectivity index (χ2n) is 8.03. The normalized spacial score (nSPS) is 20.0. The van der Waals surface area contributed by atoms with Crippen LogP contribution in [0.15, 0.2) is 41.2 Å². The van der Waals surface area contributed by atoms with E-state index < -0.39 is 6.04 Å².